The zero-order valence-electron chi connectivity index (χ0n) is 11.8. The molecule has 7 heteroatoms. The molecule has 1 amide bonds. The number of ether oxygens (including phenoxy) is 1. The second-order valence-electron chi connectivity index (χ2n) is 5.33. The first-order valence-corrected chi connectivity index (χ1v) is 7.65. The summed E-state index contributed by atoms with van der Waals surface area (Å²) >= 11 is 12.7. The molecule has 20 heavy (non-hydrogen) atoms. The van der Waals surface area contributed by atoms with Crippen molar-refractivity contribution >= 4 is 45.9 Å². The van der Waals surface area contributed by atoms with Gasteiger partial charge in [0.1, 0.15) is 10.5 Å². The molecule has 0 radical (unpaired) electrons. The summed E-state index contributed by atoms with van der Waals surface area (Å²) in [7, 11) is 1.65. The molecule has 0 unspecified atom stereocenters. The first-order chi connectivity index (χ1) is 9.11. The second-order valence-corrected chi connectivity index (χ2v) is 6.93. The highest BCUT2D eigenvalue weighted by atomic mass is 35.5. The van der Waals surface area contributed by atoms with E-state index in [1.54, 1.807) is 12.4 Å². The van der Waals surface area contributed by atoms with E-state index in [0.717, 1.165) is 5.56 Å². The highest BCUT2D eigenvalue weighted by Gasteiger charge is 2.20. The van der Waals surface area contributed by atoms with Crippen molar-refractivity contribution in [2.24, 2.45) is 0 Å². The molecular formula is C13H17Cl2NO3S. The Labute approximate surface area is 132 Å². The molecular weight excluding hydrogens is 321 g/mol. The van der Waals surface area contributed by atoms with E-state index in [1.807, 2.05) is 20.8 Å². The molecule has 0 fully saturated rings. The van der Waals surface area contributed by atoms with Crippen molar-refractivity contribution in [3.8, 4) is 0 Å². The fourth-order valence-electron chi connectivity index (χ4n) is 1.40. The maximum absolute atomic E-state index is 11.8. The van der Waals surface area contributed by atoms with Crippen molar-refractivity contribution in [1.29, 1.82) is 0 Å². The van der Waals surface area contributed by atoms with Crippen LogP contribution < -0.4 is 0 Å². The van der Waals surface area contributed by atoms with Crippen molar-refractivity contribution in [1.82, 2.24) is 4.90 Å². The Hall–Kier alpha value is -0.780. The van der Waals surface area contributed by atoms with Crippen LogP contribution in [0.2, 0.25) is 5.02 Å². The molecule has 1 aromatic rings. The van der Waals surface area contributed by atoms with Gasteiger partial charge in [0, 0.05) is 13.6 Å². The lowest BCUT2D eigenvalue weighted by molar-refractivity contribution is 0.0300. The lowest BCUT2D eigenvalue weighted by atomic mass is 10.2. The summed E-state index contributed by atoms with van der Waals surface area (Å²) in [6.45, 7) is 5.88. The minimum Gasteiger partial charge on any atom is -0.444 e. The van der Waals surface area contributed by atoms with E-state index in [1.165, 1.54) is 16.2 Å². The molecule has 1 rings (SSSR count). The van der Waals surface area contributed by atoms with Gasteiger partial charge in [-0.05, 0) is 49.7 Å². The number of hydrogen-bond donors (Lipinski definition) is 0. The van der Waals surface area contributed by atoms with E-state index in [-0.39, 0.29) is 0 Å². The van der Waals surface area contributed by atoms with Crippen molar-refractivity contribution in [3.63, 3.8) is 0 Å². The maximum Gasteiger partial charge on any atom is 0.410 e. The van der Waals surface area contributed by atoms with Gasteiger partial charge in [0.15, 0.2) is 0 Å². The van der Waals surface area contributed by atoms with Crippen LogP contribution in [0.15, 0.2) is 5.38 Å². The number of rotatable bonds is 4. The predicted molar refractivity (Wildman–Crippen MR) is 82.1 cm³/mol. The third-order valence-corrected chi connectivity index (χ3v) is 4.27. The van der Waals surface area contributed by atoms with Crippen LogP contribution >= 0.6 is 34.5 Å². The SMILES string of the molecule is CN(CCc1csc(C(=O)Cl)c1Cl)C(=O)OC(C)(C)C. The zero-order valence-corrected chi connectivity index (χ0v) is 14.2. The molecule has 0 aliphatic rings. The van der Waals surface area contributed by atoms with Gasteiger partial charge in [-0.3, -0.25) is 4.79 Å². The van der Waals surface area contributed by atoms with Crippen LogP contribution in [0, 0.1) is 0 Å². The van der Waals surface area contributed by atoms with Gasteiger partial charge in [0.25, 0.3) is 5.24 Å². The molecule has 1 heterocycles. The Kier molecular flexibility index (Phi) is 5.86. The van der Waals surface area contributed by atoms with Crippen LogP contribution in [0.25, 0.3) is 0 Å². The summed E-state index contributed by atoms with van der Waals surface area (Å²) < 4.78 is 5.24. The number of carbonyl (C=O) groups is 2. The summed E-state index contributed by atoms with van der Waals surface area (Å²) in [4.78, 5) is 24.7. The Balaban J connectivity index is 2.59. The zero-order chi connectivity index (χ0) is 15.5. The fraction of sp³-hybridized carbons (Fsp3) is 0.538. The molecule has 0 N–H and O–H groups in total. The molecule has 0 saturated heterocycles. The molecule has 0 spiro atoms. The lowest BCUT2D eigenvalue weighted by Crippen LogP contribution is -2.35. The Morgan fingerprint density at radius 2 is 2.00 bits per heavy atom. The number of nitrogens with zero attached hydrogens (tertiary/aromatic N) is 1. The molecule has 4 nitrogen and oxygen atoms in total. The Morgan fingerprint density at radius 3 is 2.45 bits per heavy atom. The van der Waals surface area contributed by atoms with Crippen molar-refractivity contribution in [2.75, 3.05) is 13.6 Å². The van der Waals surface area contributed by atoms with Gasteiger partial charge in [0.05, 0.1) is 5.02 Å². The maximum atomic E-state index is 11.8. The van der Waals surface area contributed by atoms with E-state index in [9.17, 15) is 9.59 Å². The molecule has 0 bridgehead atoms. The lowest BCUT2D eigenvalue weighted by Gasteiger charge is -2.24. The molecule has 0 atom stereocenters. The molecule has 0 aliphatic carbocycles. The van der Waals surface area contributed by atoms with Crippen LogP contribution in [0.3, 0.4) is 0 Å². The van der Waals surface area contributed by atoms with Gasteiger partial charge in [-0.25, -0.2) is 4.79 Å². The number of hydrogen-bond acceptors (Lipinski definition) is 4. The third-order valence-electron chi connectivity index (χ3n) is 2.40. The van der Waals surface area contributed by atoms with Crippen LogP contribution in [-0.2, 0) is 11.2 Å². The topological polar surface area (TPSA) is 46.6 Å². The third kappa shape index (κ3) is 4.96. The van der Waals surface area contributed by atoms with Gasteiger partial charge in [-0.1, -0.05) is 11.6 Å². The number of thiophene rings is 1. The number of amides is 1. The fourth-order valence-corrected chi connectivity index (χ4v) is 2.93. The van der Waals surface area contributed by atoms with Crippen LogP contribution in [0.5, 0.6) is 0 Å². The van der Waals surface area contributed by atoms with Crippen LogP contribution in [-0.4, -0.2) is 35.4 Å². The molecule has 1 aromatic heterocycles. The second kappa shape index (κ2) is 6.78. The molecule has 0 saturated carbocycles. The van der Waals surface area contributed by atoms with Gasteiger partial charge < -0.3 is 9.64 Å². The van der Waals surface area contributed by atoms with Gasteiger partial charge >= 0.3 is 6.09 Å². The van der Waals surface area contributed by atoms with E-state index in [0.29, 0.717) is 22.9 Å². The summed E-state index contributed by atoms with van der Waals surface area (Å²) in [5.74, 6) is 0. The van der Waals surface area contributed by atoms with E-state index < -0.39 is 16.9 Å². The standard InChI is InChI=1S/C13H17Cl2NO3S/c1-13(2,3)19-12(18)16(4)6-5-8-7-20-10(9(8)14)11(15)17/h7H,5-6H2,1-4H3. The first-order valence-electron chi connectivity index (χ1n) is 6.01. The van der Waals surface area contributed by atoms with Crippen LogP contribution in [0.4, 0.5) is 4.79 Å². The highest BCUT2D eigenvalue weighted by Crippen LogP contribution is 2.29. The van der Waals surface area contributed by atoms with E-state index in [2.05, 4.69) is 0 Å². The van der Waals surface area contributed by atoms with Gasteiger partial charge in [0.2, 0.25) is 0 Å². The van der Waals surface area contributed by atoms with Gasteiger partial charge in [-0.2, -0.15) is 0 Å². The number of likely N-dealkylation sites (N-methyl/N-ethyl adjacent to an activating group) is 1. The van der Waals surface area contributed by atoms with Crippen molar-refractivity contribution in [2.45, 2.75) is 32.8 Å². The first kappa shape index (κ1) is 17.3. The van der Waals surface area contributed by atoms with E-state index >= 15 is 0 Å². The summed E-state index contributed by atoms with van der Waals surface area (Å²) in [6.07, 6.45) is 0.146. The molecule has 0 aromatic carbocycles. The minimum absolute atomic E-state index is 0.336. The summed E-state index contributed by atoms with van der Waals surface area (Å²) in [6, 6.07) is 0. The Bertz CT molecular complexity index is 508. The average molecular weight is 338 g/mol. The highest BCUT2D eigenvalue weighted by molar-refractivity contribution is 7.14. The minimum atomic E-state index is -0.563. The average Bonchev–Trinajstić information content (AvgIpc) is 2.65. The largest absolute Gasteiger partial charge is 0.444 e. The summed E-state index contributed by atoms with van der Waals surface area (Å²) in [5.41, 5.74) is 0.278. The molecule has 0 aliphatic heterocycles. The monoisotopic (exact) mass is 337 g/mol. The normalized spacial score (nSPS) is 11.3. The van der Waals surface area contributed by atoms with Crippen molar-refractivity contribution in [3.05, 3.63) is 20.8 Å². The number of halogens is 2. The van der Waals surface area contributed by atoms with E-state index in [4.69, 9.17) is 27.9 Å². The Morgan fingerprint density at radius 1 is 1.40 bits per heavy atom. The smallest absolute Gasteiger partial charge is 0.410 e. The quantitative estimate of drug-likeness (QED) is 0.774. The molecule has 112 valence electrons. The van der Waals surface area contributed by atoms with Crippen molar-refractivity contribution < 1.29 is 14.3 Å². The van der Waals surface area contributed by atoms with Crippen LogP contribution in [0.1, 0.15) is 36.0 Å². The van der Waals surface area contributed by atoms with Gasteiger partial charge in [-0.15, -0.1) is 11.3 Å². The predicted octanol–water partition coefficient (Wildman–Crippen LogP) is 4.19. The number of carbonyl (C=O) groups excluding carboxylic acids is 2. The summed E-state index contributed by atoms with van der Waals surface area (Å²) in [5, 5.41) is 1.58.